The summed E-state index contributed by atoms with van der Waals surface area (Å²) in [5, 5.41) is 2.92. The standard InChI is InChI=1S/C20H29N3O3/c1-14-5-6-18-17(10-14)23(20(25)26-18)13-19(24)21-7-4-8-22-11-15(2)9-16(3)12-22/h5-6,10,15-16H,4,7-9,11-13H2,1-3H3,(H,21,24)/t15-,16+. The van der Waals surface area contributed by atoms with Gasteiger partial charge >= 0.3 is 5.76 Å². The van der Waals surface area contributed by atoms with E-state index in [4.69, 9.17) is 4.42 Å². The molecule has 1 aromatic heterocycles. The fraction of sp³-hybridized carbons (Fsp3) is 0.600. The van der Waals surface area contributed by atoms with Crippen molar-refractivity contribution in [2.24, 2.45) is 11.8 Å². The third-order valence-electron chi connectivity index (χ3n) is 5.04. The van der Waals surface area contributed by atoms with Crippen molar-refractivity contribution in [2.75, 3.05) is 26.2 Å². The molecule has 1 aliphatic heterocycles. The molecule has 2 atom stereocenters. The average Bonchev–Trinajstić information content (AvgIpc) is 2.86. The quantitative estimate of drug-likeness (QED) is 0.804. The largest absolute Gasteiger partial charge is 0.420 e. The molecule has 0 bridgehead atoms. The lowest BCUT2D eigenvalue weighted by Gasteiger charge is -2.34. The first-order valence-corrected chi connectivity index (χ1v) is 9.51. The Kier molecular flexibility index (Phi) is 5.81. The molecule has 1 fully saturated rings. The van der Waals surface area contributed by atoms with E-state index in [-0.39, 0.29) is 12.5 Å². The topological polar surface area (TPSA) is 67.5 Å². The Morgan fingerprint density at radius 3 is 2.73 bits per heavy atom. The molecule has 3 rings (SSSR count). The molecule has 2 heterocycles. The first-order valence-electron chi connectivity index (χ1n) is 9.51. The normalized spacial score (nSPS) is 21.2. The summed E-state index contributed by atoms with van der Waals surface area (Å²) in [6, 6.07) is 5.52. The van der Waals surface area contributed by atoms with Crippen molar-refractivity contribution in [1.82, 2.24) is 14.8 Å². The SMILES string of the molecule is Cc1ccc2oc(=O)n(CC(=O)NCCCN3C[C@H](C)C[C@H](C)C3)c2c1. The molecule has 0 spiro atoms. The van der Waals surface area contributed by atoms with Crippen LogP contribution in [-0.4, -0.2) is 41.6 Å². The average molecular weight is 359 g/mol. The number of nitrogens with one attached hydrogen (secondary N) is 1. The highest BCUT2D eigenvalue weighted by Crippen LogP contribution is 2.20. The predicted molar refractivity (Wildman–Crippen MR) is 102 cm³/mol. The Morgan fingerprint density at radius 2 is 2.00 bits per heavy atom. The van der Waals surface area contributed by atoms with Crippen molar-refractivity contribution in [3.8, 4) is 0 Å². The summed E-state index contributed by atoms with van der Waals surface area (Å²) in [6.45, 7) is 10.5. The lowest BCUT2D eigenvalue weighted by Crippen LogP contribution is -2.40. The third kappa shape index (κ3) is 4.55. The minimum absolute atomic E-state index is 0.00688. The number of aryl methyl sites for hydroxylation is 1. The molecule has 142 valence electrons. The Morgan fingerprint density at radius 1 is 1.27 bits per heavy atom. The van der Waals surface area contributed by atoms with Gasteiger partial charge in [-0.1, -0.05) is 19.9 Å². The van der Waals surface area contributed by atoms with Gasteiger partial charge in [0.1, 0.15) is 6.54 Å². The fourth-order valence-electron chi connectivity index (χ4n) is 4.03. The van der Waals surface area contributed by atoms with Gasteiger partial charge in [-0.05, 0) is 55.8 Å². The van der Waals surface area contributed by atoms with Gasteiger partial charge < -0.3 is 14.6 Å². The molecule has 1 saturated heterocycles. The molecule has 0 unspecified atom stereocenters. The summed E-state index contributed by atoms with van der Waals surface area (Å²) in [7, 11) is 0. The van der Waals surface area contributed by atoms with Gasteiger partial charge in [0.05, 0.1) is 5.52 Å². The number of nitrogens with zero attached hydrogens (tertiary/aromatic N) is 2. The van der Waals surface area contributed by atoms with Crippen LogP contribution in [-0.2, 0) is 11.3 Å². The van der Waals surface area contributed by atoms with Gasteiger partial charge in [-0.2, -0.15) is 0 Å². The molecule has 1 N–H and O–H groups in total. The van der Waals surface area contributed by atoms with Crippen molar-refractivity contribution in [1.29, 1.82) is 0 Å². The number of piperidine rings is 1. The van der Waals surface area contributed by atoms with Gasteiger partial charge in [0, 0.05) is 19.6 Å². The number of carbonyl (C=O) groups is 1. The number of hydrogen-bond donors (Lipinski definition) is 1. The second kappa shape index (κ2) is 8.08. The highest BCUT2D eigenvalue weighted by Gasteiger charge is 2.21. The van der Waals surface area contributed by atoms with Crippen molar-refractivity contribution in [3.63, 3.8) is 0 Å². The van der Waals surface area contributed by atoms with E-state index in [1.54, 1.807) is 6.07 Å². The van der Waals surface area contributed by atoms with Gasteiger partial charge in [0.2, 0.25) is 5.91 Å². The molecule has 26 heavy (non-hydrogen) atoms. The zero-order valence-corrected chi connectivity index (χ0v) is 16.0. The molecule has 1 aliphatic rings. The van der Waals surface area contributed by atoms with E-state index >= 15 is 0 Å². The summed E-state index contributed by atoms with van der Waals surface area (Å²) in [6.07, 6.45) is 2.23. The Balaban J connectivity index is 1.48. The number of rotatable bonds is 6. The summed E-state index contributed by atoms with van der Waals surface area (Å²) in [4.78, 5) is 26.7. The van der Waals surface area contributed by atoms with E-state index in [0.717, 1.165) is 43.5 Å². The first kappa shape index (κ1) is 18.7. The number of hydrogen-bond acceptors (Lipinski definition) is 4. The number of benzene rings is 1. The third-order valence-corrected chi connectivity index (χ3v) is 5.04. The number of oxazole rings is 1. The number of amides is 1. The van der Waals surface area contributed by atoms with E-state index in [1.807, 2.05) is 19.1 Å². The van der Waals surface area contributed by atoms with E-state index in [0.29, 0.717) is 17.6 Å². The number of fused-ring (bicyclic) bond motifs is 1. The predicted octanol–water partition coefficient (Wildman–Crippen LogP) is 2.39. The van der Waals surface area contributed by atoms with Crippen molar-refractivity contribution < 1.29 is 9.21 Å². The van der Waals surface area contributed by atoms with Gasteiger partial charge in [-0.25, -0.2) is 4.79 Å². The maximum atomic E-state index is 12.2. The van der Waals surface area contributed by atoms with Gasteiger partial charge in [-0.15, -0.1) is 0 Å². The molecule has 0 saturated carbocycles. The van der Waals surface area contributed by atoms with Gasteiger partial charge in [0.25, 0.3) is 0 Å². The zero-order valence-electron chi connectivity index (χ0n) is 16.0. The molecule has 0 aliphatic carbocycles. The maximum Gasteiger partial charge on any atom is 0.420 e. The molecule has 1 amide bonds. The van der Waals surface area contributed by atoms with Crippen LogP contribution in [0.15, 0.2) is 27.4 Å². The number of likely N-dealkylation sites (tertiary alicyclic amines) is 1. The van der Waals surface area contributed by atoms with Gasteiger partial charge in [-0.3, -0.25) is 9.36 Å². The van der Waals surface area contributed by atoms with E-state index in [1.165, 1.54) is 11.0 Å². The van der Waals surface area contributed by atoms with Crippen LogP contribution >= 0.6 is 0 Å². The maximum absolute atomic E-state index is 12.2. The Bertz CT molecular complexity index is 813. The van der Waals surface area contributed by atoms with Crippen LogP contribution in [0.5, 0.6) is 0 Å². The van der Waals surface area contributed by atoms with Crippen LogP contribution in [0.1, 0.15) is 32.3 Å². The van der Waals surface area contributed by atoms with Gasteiger partial charge in [0.15, 0.2) is 5.58 Å². The van der Waals surface area contributed by atoms with Crippen LogP contribution in [0.4, 0.5) is 0 Å². The lowest BCUT2D eigenvalue weighted by molar-refractivity contribution is -0.121. The smallest absolute Gasteiger partial charge is 0.408 e. The zero-order chi connectivity index (χ0) is 18.7. The van der Waals surface area contributed by atoms with Crippen LogP contribution in [0.25, 0.3) is 11.1 Å². The lowest BCUT2D eigenvalue weighted by atomic mass is 9.92. The monoisotopic (exact) mass is 359 g/mol. The Hall–Kier alpha value is -2.08. The first-order chi connectivity index (χ1) is 12.4. The van der Waals surface area contributed by atoms with Crippen LogP contribution in [0, 0.1) is 18.8 Å². The minimum atomic E-state index is -0.489. The summed E-state index contributed by atoms with van der Waals surface area (Å²) in [5.41, 5.74) is 2.21. The van der Waals surface area contributed by atoms with E-state index in [9.17, 15) is 9.59 Å². The van der Waals surface area contributed by atoms with Crippen molar-refractivity contribution in [3.05, 3.63) is 34.3 Å². The summed E-state index contributed by atoms with van der Waals surface area (Å²) >= 11 is 0. The highest BCUT2D eigenvalue weighted by atomic mass is 16.4. The highest BCUT2D eigenvalue weighted by molar-refractivity contribution is 5.79. The summed E-state index contributed by atoms with van der Waals surface area (Å²) in [5.74, 6) is 0.852. The van der Waals surface area contributed by atoms with Crippen molar-refractivity contribution in [2.45, 2.75) is 40.2 Å². The molecule has 6 nitrogen and oxygen atoms in total. The molecule has 2 aromatic rings. The van der Waals surface area contributed by atoms with Crippen molar-refractivity contribution >= 4 is 17.0 Å². The molecule has 6 heteroatoms. The van der Waals surface area contributed by atoms with E-state index in [2.05, 4.69) is 24.1 Å². The van der Waals surface area contributed by atoms with Crippen LogP contribution in [0.3, 0.4) is 0 Å². The molecule has 1 aromatic carbocycles. The molecule has 0 radical (unpaired) electrons. The number of aromatic nitrogens is 1. The fourth-order valence-corrected chi connectivity index (χ4v) is 4.03. The summed E-state index contributed by atoms with van der Waals surface area (Å²) < 4.78 is 6.60. The molecular formula is C20H29N3O3. The minimum Gasteiger partial charge on any atom is -0.408 e. The molecular weight excluding hydrogens is 330 g/mol. The van der Waals surface area contributed by atoms with Crippen LogP contribution < -0.4 is 11.1 Å². The van der Waals surface area contributed by atoms with Crippen LogP contribution in [0.2, 0.25) is 0 Å². The van der Waals surface area contributed by atoms with E-state index < -0.39 is 5.76 Å². The number of carbonyl (C=O) groups excluding carboxylic acids is 1. The second-order valence-corrected chi connectivity index (χ2v) is 7.83. The second-order valence-electron chi connectivity index (χ2n) is 7.83. The Labute approximate surface area is 154 Å².